The number of amides is 1. The first kappa shape index (κ1) is 18.9. The van der Waals surface area contributed by atoms with Crippen LogP contribution in [0.25, 0.3) is 0 Å². The molecule has 0 bridgehead atoms. The summed E-state index contributed by atoms with van der Waals surface area (Å²) in [6.45, 7) is 2.86. The van der Waals surface area contributed by atoms with Crippen LogP contribution in [0.3, 0.4) is 0 Å². The first-order valence-electron chi connectivity index (χ1n) is 8.78. The number of methoxy groups -OCH3 is 1. The third-order valence-corrected chi connectivity index (χ3v) is 5.01. The lowest BCUT2D eigenvalue weighted by atomic mass is 10.0. The summed E-state index contributed by atoms with van der Waals surface area (Å²) in [5, 5.41) is 13.3. The van der Waals surface area contributed by atoms with Crippen molar-refractivity contribution in [1.82, 2.24) is 14.7 Å². The van der Waals surface area contributed by atoms with E-state index in [1.807, 2.05) is 0 Å². The van der Waals surface area contributed by atoms with Gasteiger partial charge in [0.05, 0.1) is 31.5 Å². The molecule has 1 aromatic carbocycles. The molecule has 2 heterocycles. The number of nitrogens with zero attached hydrogens (tertiary/aromatic N) is 3. The number of aromatic carboxylic acids is 1. The molecule has 8 heteroatoms. The predicted molar refractivity (Wildman–Crippen MR) is 95.4 cm³/mol. The zero-order valence-electron chi connectivity index (χ0n) is 15.3. The monoisotopic (exact) mass is 375 g/mol. The van der Waals surface area contributed by atoms with Crippen LogP contribution in [0.4, 0.5) is 4.39 Å². The number of aromatic nitrogens is 2. The van der Waals surface area contributed by atoms with Crippen molar-refractivity contribution in [3.63, 3.8) is 0 Å². The second-order valence-electron chi connectivity index (χ2n) is 6.65. The van der Waals surface area contributed by atoms with Crippen LogP contribution in [0, 0.1) is 12.7 Å². The summed E-state index contributed by atoms with van der Waals surface area (Å²) in [6, 6.07) is 4.60. The molecule has 2 aromatic rings. The molecule has 1 aliphatic rings. The SMILES string of the molecule is COc1ccc(CC(=O)N2CCC(n3ncc(C(=O)O)c3C)CC2)cc1F. The van der Waals surface area contributed by atoms with Crippen molar-refractivity contribution in [3.05, 3.63) is 47.0 Å². The predicted octanol–water partition coefficient (Wildman–Crippen LogP) is 2.44. The normalized spacial score (nSPS) is 15.0. The van der Waals surface area contributed by atoms with Gasteiger partial charge in [0.1, 0.15) is 5.56 Å². The van der Waals surface area contributed by atoms with E-state index in [4.69, 9.17) is 9.84 Å². The maximum Gasteiger partial charge on any atom is 0.339 e. The number of carbonyl (C=O) groups excluding carboxylic acids is 1. The van der Waals surface area contributed by atoms with E-state index in [9.17, 15) is 14.0 Å². The first-order chi connectivity index (χ1) is 12.9. The van der Waals surface area contributed by atoms with Gasteiger partial charge in [0.2, 0.25) is 5.91 Å². The zero-order chi connectivity index (χ0) is 19.6. The van der Waals surface area contributed by atoms with Crippen LogP contribution in [0.1, 0.15) is 40.5 Å². The van der Waals surface area contributed by atoms with Gasteiger partial charge >= 0.3 is 5.97 Å². The summed E-state index contributed by atoms with van der Waals surface area (Å²) in [5.41, 5.74) is 1.44. The average molecular weight is 375 g/mol. The summed E-state index contributed by atoms with van der Waals surface area (Å²) >= 11 is 0. The fraction of sp³-hybridized carbons (Fsp3) is 0.421. The van der Waals surface area contributed by atoms with Gasteiger partial charge in [-0.3, -0.25) is 9.48 Å². The highest BCUT2D eigenvalue weighted by Gasteiger charge is 2.26. The molecular weight excluding hydrogens is 353 g/mol. The Bertz CT molecular complexity index is 857. The molecule has 1 aromatic heterocycles. The van der Waals surface area contributed by atoms with Crippen LogP contribution in [-0.4, -0.2) is 51.9 Å². The fourth-order valence-electron chi connectivity index (χ4n) is 3.47. The van der Waals surface area contributed by atoms with Crippen molar-refractivity contribution in [2.45, 2.75) is 32.2 Å². The van der Waals surface area contributed by atoms with Gasteiger partial charge in [-0.2, -0.15) is 5.10 Å². The van der Waals surface area contributed by atoms with E-state index in [2.05, 4.69) is 5.10 Å². The number of hydrogen-bond donors (Lipinski definition) is 1. The van der Waals surface area contributed by atoms with Crippen LogP contribution in [0.15, 0.2) is 24.4 Å². The zero-order valence-corrected chi connectivity index (χ0v) is 15.3. The van der Waals surface area contributed by atoms with Crippen molar-refractivity contribution in [1.29, 1.82) is 0 Å². The van der Waals surface area contributed by atoms with E-state index in [0.717, 1.165) is 0 Å². The minimum absolute atomic E-state index is 0.0542. The molecule has 1 N–H and O–H groups in total. The molecule has 0 unspecified atom stereocenters. The van der Waals surface area contributed by atoms with E-state index in [1.165, 1.54) is 25.4 Å². The largest absolute Gasteiger partial charge is 0.494 e. The van der Waals surface area contributed by atoms with E-state index < -0.39 is 11.8 Å². The molecule has 0 saturated carbocycles. The van der Waals surface area contributed by atoms with Crippen LogP contribution in [0.5, 0.6) is 5.75 Å². The molecule has 0 radical (unpaired) electrons. The lowest BCUT2D eigenvalue weighted by Gasteiger charge is -2.32. The van der Waals surface area contributed by atoms with E-state index >= 15 is 0 Å². The number of carbonyl (C=O) groups is 2. The molecule has 3 rings (SSSR count). The maximum absolute atomic E-state index is 13.8. The quantitative estimate of drug-likeness (QED) is 0.868. The van der Waals surface area contributed by atoms with Gasteiger partial charge in [0.25, 0.3) is 0 Å². The lowest BCUT2D eigenvalue weighted by Crippen LogP contribution is -2.40. The molecule has 0 aliphatic carbocycles. The Labute approximate surface area is 156 Å². The van der Waals surface area contributed by atoms with Crippen molar-refractivity contribution < 1.29 is 23.8 Å². The van der Waals surface area contributed by atoms with Crippen LogP contribution in [-0.2, 0) is 11.2 Å². The van der Waals surface area contributed by atoms with E-state index in [0.29, 0.717) is 37.2 Å². The standard InChI is InChI=1S/C19H22FN3O4/c1-12-15(19(25)26)11-21-23(12)14-5-7-22(8-6-14)18(24)10-13-3-4-17(27-2)16(20)9-13/h3-4,9,11,14H,5-8,10H2,1-2H3,(H,25,26). The summed E-state index contributed by atoms with van der Waals surface area (Å²) in [6.07, 6.45) is 2.90. The number of piperidine rings is 1. The molecule has 0 spiro atoms. The van der Waals surface area contributed by atoms with E-state index in [1.54, 1.807) is 22.6 Å². The highest BCUT2D eigenvalue weighted by Crippen LogP contribution is 2.25. The van der Waals surface area contributed by atoms with Crippen molar-refractivity contribution in [2.24, 2.45) is 0 Å². The minimum atomic E-state index is -0.988. The highest BCUT2D eigenvalue weighted by molar-refractivity contribution is 5.88. The smallest absolute Gasteiger partial charge is 0.339 e. The second kappa shape index (κ2) is 7.77. The summed E-state index contributed by atoms with van der Waals surface area (Å²) in [5.74, 6) is -1.37. The Morgan fingerprint density at radius 1 is 1.33 bits per heavy atom. The number of carboxylic acids is 1. The Morgan fingerprint density at radius 2 is 2.04 bits per heavy atom. The third kappa shape index (κ3) is 3.94. The van der Waals surface area contributed by atoms with Gasteiger partial charge in [0.15, 0.2) is 11.6 Å². The topological polar surface area (TPSA) is 84.7 Å². The number of carboxylic acid groups (broad SMARTS) is 1. The van der Waals surface area contributed by atoms with E-state index in [-0.39, 0.29) is 29.7 Å². The van der Waals surface area contributed by atoms with Gasteiger partial charge in [-0.25, -0.2) is 9.18 Å². The summed E-state index contributed by atoms with van der Waals surface area (Å²) in [4.78, 5) is 25.4. The Hall–Kier alpha value is -2.90. The molecule has 27 heavy (non-hydrogen) atoms. The molecule has 1 fully saturated rings. The molecule has 1 amide bonds. The molecule has 7 nitrogen and oxygen atoms in total. The van der Waals surface area contributed by atoms with Gasteiger partial charge in [-0.1, -0.05) is 6.07 Å². The van der Waals surface area contributed by atoms with Crippen LogP contribution < -0.4 is 4.74 Å². The summed E-state index contributed by atoms with van der Waals surface area (Å²) < 4.78 is 20.4. The number of halogens is 1. The Kier molecular flexibility index (Phi) is 5.43. The molecule has 1 saturated heterocycles. The molecule has 0 atom stereocenters. The van der Waals surface area contributed by atoms with Gasteiger partial charge in [-0.05, 0) is 37.5 Å². The second-order valence-corrected chi connectivity index (χ2v) is 6.65. The number of rotatable bonds is 5. The first-order valence-corrected chi connectivity index (χ1v) is 8.78. The van der Waals surface area contributed by atoms with Crippen molar-refractivity contribution in [2.75, 3.05) is 20.2 Å². The van der Waals surface area contributed by atoms with Gasteiger partial charge < -0.3 is 14.7 Å². The third-order valence-electron chi connectivity index (χ3n) is 5.01. The molecule has 144 valence electrons. The van der Waals surface area contributed by atoms with Crippen molar-refractivity contribution >= 4 is 11.9 Å². The molecule has 1 aliphatic heterocycles. The number of likely N-dealkylation sites (tertiary alicyclic amines) is 1. The number of hydrogen-bond acceptors (Lipinski definition) is 4. The lowest BCUT2D eigenvalue weighted by molar-refractivity contribution is -0.131. The van der Waals surface area contributed by atoms with Crippen molar-refractivity contribution in [3.8, 4) is 5.75 Å². The number of benzene rings is 1. The van der Waals surface area contributed by atoms with Crippen LogP contribution >= 0.6 is 0 Å². The number of ether oxygens (including phenoxy) is 1. The van der Waals surface area contributed by atoms with Gasteiger partial charge in [-0.15, -0.1) is 0 Å². The average Bonchev–Trinajstić information content (AvgIpc) is 3.03. The fourth-order valence-corrected chi connectivity index (χ4v) is 3.47. The highest BCUT2D eigenvalue weighted by atomic mass is 19.1. The minimum Gasteiger partial charge on any atom is -0.494 e. The maximum atomic E-state index is 13.8. The summed E-state index contributed by atoms with van der Waals surface area (Å²) in [7, 11) is 1.40. The Balaban J connectivity index is 1.59. The van der Waals surface area contributed by atoms with Crippen LogP contribution in [0.2, 0.25) is 0 Å². The molecular formula is C19H22FN3O4. The van der Waals surface area contributed by atoms with Gasteiger partial charge in [0, 0.05) is 13.1 Å². The Morgan fingerprint density at radius 3 is 2.59 bits per heavy atom.